The van der Waals surface area contributed by atoms with Gasteiger partial charge in [-0.25, -0.2) is 9.67 Å². The Kier molecular flexibility index (Phi) is 7.65. The van der Waals surface area contributed by atoms with E-state index in [-0.39, 0.29) is 51.6 Å². The number of tetrazole rings is 1. The highest BCUT2D eigenvalue weighted by Crippen LogP contribution is 2.33. The first-order chi connectivity index (χ1) is 19.9. The van der Waals surface area contributed by atoms with Gasteiger partial charge in [-0.2, -0.15) is 28.3 Å². The van der Waals surface area contributed by atoms with Crippen LogP contribution in [0.2, 0.25) is 5.02 Å². The third-order valence-corrected chi connectivity index (χ3v) is 6.87. The van der Waals surface area contributed by atoms with Crippen LogP contribution in [0.15, 0.2) is 36.5 Å². The van der Waals surface area contributed by atoms with Gasteiger partial charge in [-0.1, -0.05) is 11.6 Å². The average Bonchev–Trinajstić information content (AvgIpc) is 3.54. The molecule has 0 saturated heterocycles. The maximum Gasteiger partial charge on any atom is 0.455 e. The molecule has 42 heavy (non-hydrogen) atoms. The smallest absolute Gasteiger partial charge is 0.349 e. The minimum Gasteiger partial charge on any atom is -0.349 e. The molecule has 1 atom stereocenters. The van der Waals surface area contributed by atoms with Gasteiger partial charge in [0.05, 0.1) is 33.6 Å². The molecule has 0 spiro atoms. The van der Waals surface area contributed by atoms with Crippen LogP contribution in [0.3, 0.4) is 0 Å². The largest absolute Gasteiger partial charge is 0.455 e. The van der Waals surface area contributed by atoms with Gasteiger partial charge in [-0.05, 0) is 73.7 Å². The molecule has 1 unspecified atom stereocenters. The van der Waals surface area contributed by atoms with Gasteiger partial charge in [-0.3, -0.25) is 9.59 Å². The Morgan fingerprint density at radius 3 is 2.62 bits per heavy atom. The van der Waals surface area contributed by atoms with Crippen LogP contribution >= 0.6 is 11.6 Å². The van der Waals surface area contributed by atoms with E-state index in [1.807, 2.05) is 13.0 Å². The molecule has 12 nitrogen and oxygen atoms in total. The molecule has 3 aromatic heterocycles. The van der Waals surface area contributed by atoms with Crippen molar-refractivity contribution in [3.63, 3.8) is 0 Å². The summed E-state index contributed by atoms with van der Waals surface area (Å²) in [4.78, 5) is 31.8. The van der Waals surface area contributed by atoms with Crippen molar-refractivity contribution >= 4 is 29.1 Å². The molecule has 0 bridgehead atoms. The van der Waals surface area contributed by atoms with Crippen molar-refractivity contribution in [2.24, 2.45) is 5.92 Å². The number of hydrogen-bond acceptors (Lipinski definition) is 8. The second kappa shape index (κ2) is 11.2. The van der Waals surface area contributed by atoms with E-state index in [1.54, 1.807) is 13.0 Å². The molecule has 3 heterocycles. The van der Waals surface area contributed by atoms with E-state index in [0.717, 1.165) is 17.5 Å². The van der Waals surface area contributed by atoms with E-state index in [0.29, 0.717) is 16.3 Å². The number of amides is 2. The minimum absolute atomic E-state index is 0.0749. The normalized spacial score (nSPS) is 13.8. The molecule has 4 aromatic rings. The third-order valence-electron chi connectivity index (χ3n) is 6.58. The van der Waals surface area contributed by atoms with Gasteiger partial charge in [0.15, 0.2) is 5.82 Å². The molecule has 216 valence electrons. The maximum atomic E-state index is 13.7. The molecule has 1 fully saturated rings. The number of nitrogens with zero attached hydrogens (tertiary/aromatic N) is 8. The monoisotopic (exact) mass is 598 g/mol. The number of rotatable bonds is 8. The second-order valence-electron chi connectivity index (χ2n) is 9.76. The Bertz CT molecular complexity index is 1720. The fraction of sp³-hybridized carbons (Fsp3) is 0.308. The summed E-state index contributed by atoms with van der Waals surface area (Å²) in [6.45, 7) is 3.18. The standard InChI is InChI=1S/C26H22ClF3N10O2/c1-13-8-15(11-31)9-18(23(41)33-14(2)16-5-6-16)21(13)34-24(42)20-10-17(12-39-37-25(35-38-39)26(28,29)30)36-40(20)22-19(27)4-3-7-32-22/h3-4,7-10,14,16H,5-6,12H2,1-2H3,(H,33,41)(H,34,42). The zero-order valence-electron chi connectivity index (χ0n) is 22.1. The number of nitrogens with one attached hydrogen (secondary N) is 2. The topological polar surface area (TPSA) is 156 Å². The van der Waals surface area contributed by atoms with Crippen LogP contribution < -0.4 is 10.6 Å². The van der Waals surface area contributed by atoms with Crippen molar-refractivity contribution in [1.82, 2.24) is 40.3 Å². The quantitative estimate of drug-likeness (QED) is 0.309. The molecule has 5 rings (SSSR count). The molecular formula is C26H22ClF3N10O2. The van der Waals surface area contributed by atoms with Gasteiger partial charge in [0.2, 0.25) is 0 Å². The number of pyridine rings is 1. The van der Waals surface area contributed by atoms with Crippen LogP contribution in [-0.4, -0.2) is 52.8 Å². The van der Waals surface area contributed by atoms with Gasteiger partial charge in [0, 0.05) is 12.2 Å². The lowest BCUT2D eigenvalue weighted by molar-refractivity contribution is -0.145. The second-order valence-corrected chi connectivity index (χ2v) is 10.2. The molecule has 1 aliphatic rings. The lowest BCUT2D eigenvalue weighted by Gasteiger charge is -2.18. The van der Waals surface area contributed by atoms with Crippen LogP contribution in [0.25, 0.3) is 5.82 Å². The van der Waals surface area contributed by atoms with Crippen molar-refractivity contribution in [3.8, 4) is 11.9 Å². The maximum absolute atomic E-state index is 13.7. The van der Waals surface area contributed by atoms with E-state index in [1.165, 1.54) is 30.5 Å². The highest BCUT2D eigenvalue weighted by Gasteiger charge is 2.37. The van der Waals surface area contributed by atoms with Crippen LogP contribution in [0.5, 0.6) is 0 Å². The fourth-order valence-corrected chi connectivity index (χ4v) is 4.51. The number of alkyl halides is 3. The number of anilines is 1. The van der Waals surface area contributed by atoms with Gasteiger partial charge in [0.25, 0.3) is 17.6 Å². The molecule has 0 radical (unpaired) electrons. The molecule has 2 N–H and O–H groups in total. The molecule has 1 aromatic carbocycles. The van der Waals surface area contributed by atoms with Crippen LogP contribution in [-0.2, 0) is 12.7 Å². The molecule has 0 aliphatic heterocycles. The van der Waals surface area contributed by atoms with Crippen LogP contribution in [0.1, 0.15) is 63.3 Å². The lowest BCUT2D eigenvalue weighted by Crippen LogP contribution is -2.35. The fourth-order valence-electron chi connectivity index (χ4n) is 4.31. The van der Waals surface area contributed by atoms with E-state index in [9.17, 15) is 28.0 Å². The Morgan fingerprint density at radius 1 is 1.21 bits per heavy atom. The summed E-state index contributed by atoms with van der Waals surface area (Å²) < 4.78 is 40.0. The summed E-state index contributed by atoms with van der Waals surface area (Å²) in [5.41, 5.74) is 0.972. The highest BCUT2D eigenvalue weighted by molar-refractivity contribution is 6.32. The van der Waals surface area contributed by atoms with Crippen LogP contribution in [0.4, 0.5) is 18.9 Å². The highest BCUT2D eigenvalue weighted by atomic mass is 35.5. The summed E-state index contributed by atoms with van der Waals surface area (Å²) in [7, 11) is 0. The minimum atomic E-state index is -4.79. The lowest BCUT2D eigenvalue weighted by atomic mass is 10.0. The van der Waals surface area contributed by atoms with Crippen LogP contribution in [0, 0.1) is 24.2 Å². The number of halogens is 4. The number of benzene rings is 1. The molecular weight excluding hydrogens is 577 g/mol. The molecule has 16 heteroatoms. The first-order valence-electron chi connectivity index (χ1n) is 12.7. The summed E-state index contributed by atoms with van der Waals surface area (Å²) in [6.07, 6.45) is -1.35. The van der Waals surface area contributed by atoms with Crippen molar-refractivity contribution in [2.75, 3.05) is 5.32 Å². The summed E-state index contributed by atoms with van der Waals surface area (Å²) in [6, 6.07) is 9.26. The number of carbonyl (C=O) groups excluding carboxylic acids is 2. The molecule has 2 amide bonds. The number of aryl methyl sites for hydroxylation is 1. The van der Waals surface area contributed by atoms with E-state index in [4.69, 9.17) is 11.6 Å². The van der Waals surface area contributed by atoms with Gasteiger partial charge in [-0.15, -0.1) is 10.2 Å². The molecule has 1 aliphatic carbocycles. The Morgan fingerprint density at radius 2 is 1.98 bits per heavy atom. The zero-order valence-corrected chi connectivity index (χ0v) is 22.9. The average molecular weight is 599 g/mol. The van der Waals surface area contributed by atoms with Crippen molar-refractivity contribution in [2.45, 2.75) is 45.5 Å². The van der Waals surface area contributed by atoms with Gasteiger partial charge >= 0.3 is 6.18 Å². The summed E-state index contributed by atoms with van der Waals surface area (Å²) >= 11 is 6.32. The number of nitriles is 1. The first-order valence-corrected chi connectivity index (χ1v) is 13.0. The van der Waals surface area contributed by atoms with E-state index < -0.39 is 23.8 Å². The van der Waals surface area contributed by atoms with Crippen molar-refractivity contribution in [1.29, 1.82) is 5.26 Å². The van der Waals surface area contributed by atoms with E-state index >= 15 is 0 Å². The zero-order chi connectivity index (χ0) is 30.2. The Hall–Kier alpha value is -4.84. The Balaban J connectivity index is 1.51. The summed E-state index contributed by atoms with van der Waals surface area (Å²) in [5, 5.41) is 29.4. The summed E-state index contributed by atoms with van der Waals surface area (Å²) in [5.74, 6) is -2.16. The first kappa shape index (κ1) is 28.7. The SMILES string of the molecule is Cc1cc(C#N)cc(C(=O)NC(C)C2CC2)c1NC(=O)c1cc(Cn2nnc(C(F)(F)F)n2)nn1-c1ncccc1Cl. The van der Waals surface area contributed by atoms with E-state index in [2.05, 4.69) is 36.1 Å². The number of hydrogen-bond donors (Lipinski definition) is 2. The van der Waals surface area contributed by atoms with Gasteiger partial charge in [0.1, 0.15) is 12.2 Å². The number of aromatic nitrogens is 7. The van der Waals surface area contributed by atoms with Crippen molar-refractivity contribution < 1.29 is 22.8 Å². The van der Waals surface area contributed by atoms with Gasteiger partial charge < -0.3 is 10.6 Å². The third kappa shape index (κ3) is 6.08. The Labute approximate surface area is 241 Å². The number of carbonyl (C=O) groups is 2. The van der Waals surface area contributed by atoms with Crippen molar-refractivity contribution in [3.05, 3.63) is 75.5 Å². The molecule has 1 saturated carbocycles. The predicted molar refractivity (Wildman–Crippen MR) is 142 cm³/mol. The predicted octanol–water partition coefficient (Wildman–Crippen LogP) is 3.94.